The van der Waals surface area contributed by atoms with Crippen molar-refractivity contribution in [3.05, 3.63) is 41.5 Å². The smallest absolute Gasteiger partial charge is 0.244 e. The summed E-state index contributed by atoms with van der Waals surface area (Å²) in [5.41, 5.74) is 3.74. The van der Waals surface area contributed by atoms with Gasteiger partial charge in [-0.15, -0.1) is 11.3 Å². The molecule has 0 atom stereocenters. The molecule has 9 nitrogen and oxygen atoms in total. The molecule has 0 saturated heterocycles. The second-order valence-corrected chi connectivity index (χ2v) is 7.79. The summed E-state index contributed by atoms with van der Waals surface area (Å²) in [6.45, 7) is 1.84. The summed E-state index contributed by atoms with van der Waals surface area (Å²) in [5.74, 6) is -0.840. The highest BCUT2D eigenvalue weighted by molar-refractivity contribution is 7.14. The number of hydrogen-bond donors (Lipinski definition) is 2. The Morgan fingerprint density at radius 1 is 1.27 bits per heavy atom. The van der Waals surface area contributed by atoms with Crippen LogP contribution in [-0.4, -0.2) is 39.0 Å². The number of carbonyl (C=O) groups excluding carboxylic acids is 3. The number of aromatic nitrogens is 3. The molecule has 0 saturated carbocycles. The van der Waals surface area contributed by atoms with Crippen LogP contribution in [0.3, 0.4) is 0 Å². The zero-order valence-electron chi connectivity index (χ0n) is 16.5. The molecular weight excluding hydrogens is 404 g/mol. The van der Waals surface area contributed by atoms with E-state index in [4.69, 9.17) is 0 Å². The molecule has 1 aliphatic heterocycles. The number of rotatable bonds is 5. The van der Waals surface area contributed by atoms with E-state index in [1.165, 1.54) is 16.2 Å². The first kappa shape index (κ1) is 19.8. The van der Waals surface area contributed by atoms with Crippen molar-refractivity contribution in [2.75, 3.05) is 22.1 Å². The molecule has 30 heavy (non-hydrogen) atoms. The third-order valence-electron chi connectivity index (χ3n) is 4.68. The molecule has 2 N–H and O–H groups in total. The van der Waals surface area contributed by atoms with Crippen molar-refractivity contribution in [1.82, 2.24) is 14.8 Å². The fraction of sp³-hybridized carbons (Fsp3) is 0.250. The number of amides is 3. The van der Waals surface area contributed by atoms with E-state index in [0.717, 1.165) is 17.0 Å². The van der Waals surface area contributed by atoms with Crippen LogP contribution in [0, 0.1) is 6.92 Å². The second kappa shape index (κ2) is 8.07. The average molecular weight is 424 g/mol. The minimum Gasteiger partial charge on any atom is -0.323 e. The Kier molecular flexibility index (Phi) is 5.32. The van der Waals surface area contributed by atoms with Gasteiger partial charge < -0.3 is 15.5 Å². The van der Waals surface area contributed by atoms with Gasteiger partial charge in [0.1, 0.15) is 6.54 Å². The number of anilines is 3. The van der Waals surface area contributed by atoms with Gasteiger partial charge >= 0.3 is 0 Å². The van der Waals surface area contributed by atoms with Gasteiger partial charge in [-0.2, -0.15) is 5.10 Å². The molecular formula is C20H20N6O3S. The first-order valence-electron chi connectivity index (χ1n) is 9.36. The molecule has 0 fully saturated rings. The van der Waals surface area contributed by atoms with Gasteiger partial charge in [-0.25, -0.2) is 4.98 Å². The normalized spacial score (nSPS) is 13.0. The lowest BCUT2D eigenvalue weighted by Gasteiger charge is -2.29. The molecule has 3 heterocycles. The number of nitrogens with zero attached hydrogens (tertiary/aromatic N) is 4. The quantitative estimate of drug-likeness (QED) is 0.654. The van der Waals surface area contributed by atoms with E-state index in [0.29, 0.717) is 16.5 Å². The fourth-order valence-electron chi connectivity index (χ4n) is 3.30. The molecule has 1 aliphatic rings. The molecule has 0 radical (unpaired) electrons. The van der Waals surface area contributed by atoms with Crippen LogP contribution in [0.4, 0.5) is 16.5 Å². The standard InChI is InChI=1S/C20H20N6O3S/c1-12-13(9-25(2)24-12)15-11-30-20(22-15)23-17(27)7-8-19(29)26-10-18(28)21-14-5-3-4-6-16(14)26/h3-6,9,11H,7-8,10H2,1-2H3,(H,21,28)(H,22,23,27). The lowest BCUT2D eigenvalue weighted by molar-refractivity contribution is -0.124. The lowest BCUT2D eigenvalue weighted by atomic mass is 10.1. The molecule has 0 unspecified atom stereocenters. The maximum absolute atomic E-state index is 12.6. The lowest BCUT2D eigenvalue weighted by Crippen LogP contribution is -2.42. The Morgan fingerprint density at radius 3 is 2.83 bits per heavy atom. The number of fused-ring (bicyclic) bond motifs is 1. The van der Waals surface area contributed by atoms with Crippen molar-refractivity contribution < 1.29 is 14.4 Å². The van der Waals surface area contributed by atoms with Crippen molar-refractivity contribution in [2.24, 2.45) is 7.05 Å². The highest BCUT2D eigenvalue weighted by Gasteiger charge is 2.26. The van der Waals surface area contributed by atoms with Crippen LogP contribution in [0.5, 0.6) is 0 Å². The van der Waals surface area contributed by atoms with Gasteiger partial charge in [0.05, 0.1) is 22.8 Å². The zero-order valence-corrected chi connectivity index (χ0v) is 17.3. The van der Waals surface area contributed by atoms with Crippen molar-refractivity contribution in [2.45, 2.75) is 19.8 Å². The topological polar surface area (TPSA) is 109 Å². The summed E-state index contributed by atoms with van der Waals surface area (Å²) in [5, 5.41) is 12.1. The molecule has 0 aliphatic carbocycles. The van der Waals surface area contributed by atoms with Gasteiger partial charge in [-0.05, 0) is 19.1 Å². The second-order valence-electron chi connectivity index (χ2n) is 6.93. The van der Waals surface area contributed by atoms with Crippen LogP contribution >= 0.6 is 11.3 Å². The largest absolute Gasteiger partial charge is 0.323 e. The van der Waals surface area contributed by atoms with E-state index in [1.54, 1.807) is 28.9 Å². The molecule has 10 heteroatoms. The van der Waals surface area contributed by atoms with E-state index in [2.05, 4.69) is 20.7 Å². The van der Waals surface area contributed by atoms with E-state index in [9.17, 15) is 14.4 Å². The maximum Gasteiger partial charge on any atom is 0.244 e. The van der Waals surface area contributed by atoms with Gasteiger partial charge in [0, 0.05) is 37.0 Å². The predicted octanol–water partition coefficient (Wildman–Crippen LogP) is 2.56. The van der Waals surface area contributed by atoms with Crippen molar-refractivity contribution in [1.29, 1.82) is 0 Å². The molecule has 154 valence electrons. The number of hydrogen-bond acceptors (Lipinski definition) is 6. The average Bonchev–Trinajstić information content (AvgIpc) is 3.30. The van der Waals surface area contributed by atoms with Crippen LogP contribution in [0.25, 0.3) is 11.3 Å². The van der Waals surface area contributed by atoms with E-state index < -0.39 is 0 Å². The Hall–Kier alpha value is -3.53. The Bertz CT molecular complexity index is 1140. The number of thiazole rings is 1. The predicted molar refractivity (Wildman–Crippen MR) is 114 cm³/mol. The maximum atomic E-state index is 12.6. The number of carbonyl (C=O) groups is 3. The van der Waals surface area contributed by atoms with E-state index >= 15 is 0 Å². The summed E-state index contributed by atoms with van der Waals surface area (Å²) in [6.07, 6.45) is 1.87. The highest BCUT2D eigenvalue weighted by Crippen LogP contribution is 2.30. The molecule has 1 aromatic carbocycles. The number of para-hydroxylation sites is 2. The van der Waals surface area contributed by atoms with E-state index in [1.807, 2.05) is 25.5 Å². The van der Waals surface area contributed by atoms with Crippen LogP contribution < -0.4 is 15.5 Å². The summed E-state index contributed by atoms with van der Waals surface area (Å²) >= 11 is 1.32. The Balaban J connectivity index is 1.36. The zero-order chi connectivity index (χ0) is 21.3. The monoisotopic (exact) mass is 424 g/mol. The third-order valence-corrected chi connectivity index (χ3v) is 5.44. The highest BCUT2D eigenvalue weighted by atomic mass is 32.1. The van der Waals surface area contributed by atoms with Crippen molar-refractivity contribution in [3.8, 4) is 11.3 Å². The van der Waals surface area contributed by atoms with Gasteiger partial charge in [0.15, 0.2) is 5.13 Å². The molecule has 0 spiro atoms. The number of aryl methyl sites for hydroxylation is 2. The molecule has 3 aromatic rings. The van der Waals surface area contributed by atoms with E-state index in [-0.39, 0.29) is 37.1 Å². The van der Waals surface area contributed by atoms with Gasteiger partial charge in [0.25, 0.3) is 0 Å². The van der Waals surface area contributed by atoms with Crippen LogP contribution in [0.15, 0.2) is 35.8 Å². The first-order valence-corrected chi connectivity index (χ1v) is 10.2. The van der Waals surface area contributed by atoms with Crippen LogP contribution in [-0.2, 0) is 21.4 Å². The SMILES string of the molecule is Cc1nn(C)cc1-c1csc(NC(=O)CCC(=O)N2CC(=O)Nc3ccccc32)n1. The van der Waals surface area contributed by atoms with Crippen LogP contribution in [0.2, 0.25) is 0 Å². The molecule has 4 rings (SSSR count). The Morgan fingerprint density at radius 2 is 2.07 bits per heavy atom. The van der Waals surface area contributed by atoms with Crippen LogP contribution in [0.1, 0.15) is 18.5 Å². The molecule has 2 aromatic heterocycles. The number of nitrogens with one attached hydrogen (secondary N) is 2. The minimum absolute atomic E-state index is 0.0000467. The summed E-state index contributed by atoms with van der Waals surface area (Å²) in [7, 11) is 1.84. The van der Waals surface area contributed by atoms with Gasteiger partial charge in [0.2, 0.25) is 17.7 Å². The Labute approximate surface area is 176 Å². The van der Waals surface area contributed by atoms with Gasteiger partial charge in [-0.3, -0.25) is 19.1 Å². The summed E-state index contributed by atoms with van der Waals surface area (Å²) < 4.78 is 1.72. The molecule has 3 amide bonds. The van der Waals surface area contributed by atoms with Crippen molar-refractivity contribution in [3.63, 3.8) is 0 Å². The summed E-state index contributed by atoms with van der Waals surface area (Å²) in [6, 6.07) is 7.09. The van der Waals surface area contributed by atoms with Gasteiger partial charge in [-0.1, -0.05) is 12.1 Å². The first-order chi connectivity index (χ1) is 14.4. The fourth-order valence-corrected chi connectivity index (χ4v) is 4.03. The minimum atomic E-state index is -0.304. The molecule has 0 bridgehead atoms. The number of benzene rings is 1. The van der Waals surface area contributed by atoms with Crippen molar-refractivity contribution >= 4 is 45.6 Å². The summed E-state index contributed by atoms with van der Waals surface area (Å²) in [4.78, 5) is 42.7. The third kappa shape index (κ3) is 4.08.